The number of hydrogen-bond acceptors (Lipinski definition) is 7. The number of nitrogens with two attached hydrogens (primary N) is 1. The van der Waals surface area contributed by atoms with E-state index >= 15 is 0 Å². The van der Waals surface area contributed by atoms with Gasteiger partial charge in [-0.1, -0.05) is 20.8 Å². The number of primary amides is 1. The summed E-state index contributed by atoms with van der Waals surface area (Å²) in [4.78, 5) is 50.3. The van der Waals surface area contributed by atoms with Gasteiger partial charge in [0.1, 0.15) is 9.88 Å². The van der Waals surface area contributed by atoms with E-state index in [0.717, 1.165) is 47.5 Å². The highest BCUT2D eigenvalue weighted by Gasteiger charge is 2.26. The lowest BCUT2D eigenvalue weighted by atomic mass is 9.95. The molecule has 0 saturated carbocycles. The van der Waals surface area contributed by atoms with Crippen LogP contribution in [0, 0.1) is 12.3 Å². The van der Waals surface area contributed by atoms with Gasteiger partial charge in [0.25, 0.3) is 11.8 Å². The predicted molar refractivity (Wildman–Crippen MR) is 126 cm³/mol. The number of rotatable bonds is 6. The van der Waals surface area contributed by atoms with Gasteiger partial charge in [0.2, 0.25) is 5.91 Å². The second-order valence-electron chi connectivity index (χ2n) is 8.73. The number of ether oxygens (including phenoxy) is 1. The minimum Gasteiger partial charge on any atom is -0.451 e. The van der Waals surface area contributed by atoms with Crippen molar-refractivity contribution < 1.29 is 23.9 Å². The maximum atomic E-state index is 12.5. The summed E-state index contributed by atoms with van der Waals surface area (Å²) in [6.07, 6.45) is 3.64. The van der Waals surface area contributed by atoms with Gasteiger partial charge in [-0.2, -0.15) is 0 Å². The number of amides is 3. The van der Waals surface area contributed by atoms with E-state index in [-0.39, 0.29) is 5.91 Å². The molecule has 3 rings (SSSR count). The number of anilines is 2. The molecule has 2 heterocycles. The Morgan fingerprint density at radius 1 is 1.09 bits per heavy atom. The van der Waals surface area contributed by atoms with E-state index in [0.29, 0.717) is 26.0 Å². The minimum absolute atomic E-state index is 0.165. The summed E-state index contributed by atoms with van der Waals surface area (Å²) in [7, 11) is 0. The number of esters is 1. The Labute approximate surface area is 194 Å². The van der Waals surface area contributed by atoms with E-state index in [2.05, 4.69) is 10.6 Å². The molecule has 0 atom stereocenters. The van der Waals surface area contributed by atoms with Gasteiger partial charge in [0.15, 0.2) is 6.61 Å². The molecule has 3 amide bonds. The summed E-state index contributed by atoms with van der Waals surface area (Å²) in [5.74, 6) is -1.94. The molecule has 2 aromatic heterocycles. The highest BCUT2D eigenvalue weighted by Crippen LogP contribution is 2.38. The van der Waals surface area contributed by atoms with Crippen molar-refractivity contribution in [1.82, 2.24) is 0 Å². The fourth-order valence-electron chi connectivity index (χ4n) is 3.32. The normalized spacial score (nSPS) is 13.2. The Hall–Kier alpha value is -2.72. The van der Waals surface area contributed by atoms with Gasteiger partial charge < -0.3 is 21.1 Å². The van der Waals surface area contributed by atoms with Crippen molar-refractivity contribution in [3.8, 4) is 0 Å². The third-order valence-electron chi connectivity index (χ3n) is 5.03. The van der Waals surface area contributed by atoms with Crippen LogP contribution in [0.25, 0.3) is 0 Å². The van der Waals surface area contributed by atoms with E-state index in [9.17, 15) is 19.2 Å². The summed E-state index contributed by atoms with van der Waals surface area (Å²) in [6.45, 7) is 6.62. The van der Waals surface area contributed by atoms with Crippen LogP contribution in [0.5, 0.6) is 0 Å². The van der Waals surface area contributed by atoms with Crippen molar-refractivity contribution in [3.05, 3.63) is 32.5 Å². The number of thiophene rings is 2. The Morgan fingerprint density at radius 2 is 1.78 bits per heavy atom. The molecule has 1 aliphatic rings. The van der Waals surface area contributed by atoms with Crippen LogP contribution in [0.3, 0.4) is 0 Å². The van der Waals surface area contributed by atoms with Gasteiger partial charge in [0.05, 0.1) is 10.6 Å². The molecule has 2 aromatic rings. The van der Waals surface area contributed by atoms with Crippen LogP contribution < -0.4 is 16.4 Å². The molecule has 0 spiro atoms. The molecule has 0 radical (unpaired) electrons. The summed E-state index contributed by atoms with van der Waals surface area (Å²) in [6, 6.07) is 1.69. The van der Waals surface area contributed by atoms with Crippen LogP contribution in [-0.4, -0.2) is 30.3 Å². The molecule has 0 fully saturated rings. The topological polar surface area (TPSA) is 128 Å². The molecule has 0 aromatic carbocycles. The van der Waals surface area contributed by atoms with Gasteiger partial charge in [-0.05, 0) is 49.8 Å². The number of carbonyl (C=O) groups excluding carboxylic acids is 4. The van der Waals surface area contributed by atoms with Crippen molar-refractivity contribution in [2.24, 2.45) is 11.1 Å². The van der Waals surface area contributed by atoms with Crippen LogP contribution in [0.15, 0.2) is 6.07 Å². The molecule has 8 nitrogen and oxygen atoms in total. The first-order valence-electron chi connectivity index (χ1n) is 10.3. The third-order valence-corrected chi connectivity index (χ3v) is 7.37. The SMILES string of the molecule is Cc1cc(NC(=O)C(C)(C)C)sc1C(=O)OCC(=O)Nc1sc2c(c1C(N)=O)CCCC2. The predicted octanol–water partition coefficient (Wildman–Crippen LogP) is 3.88. The molecule has 1 aliphatic carbocycles. The van der Waals surface area contributed by atoms with Crippen molar-refractivity contribution in [1.29, 1.82) is 0 Å². The largest absolute Gasteiger partial charge is 0.451 e. The summed E-state index contributed by atoms with van der Waals surface area (Å²) < 4.78 is 5.17. The maximum absolute atomic E-state index is 12.5. The second kappa shape index (κ2) is 9.41. The van der Waals surface area contributed by atoms with Gasteiger partial charge in [-0.3, -0.25) is 14.4 Å². The first kappa shape index (κ1) is 23.9. The number of hydrogen-bond donors (Lipinski definition) is 3. The number of fused-ring (bicyclic) bond motifs is 1. The lowest BCUT2D eigenvalue weighted by Crippen LogP contribution is -2.27. The molecule has 10 heteroatoms. The average molecular weight is 478 g/mol. The van der Waals surface area contributed by atoms with Crippen LogP contribution in [0.2, 0.25) is 0 Å². The number of nitrogens with one attached hydrogen (secondary N) is 2. The zero-order valence-corrected chi connectivity index (χ0v) is 20.2. The van der Waals surface area contributed by atoms with Crippen molar-refractivity contribution >= 4 is 56.4 Å². The molecule has 32 heavy (non-hydrogen) atoms. The smallest absolute Gasteiger partial charge is 0.349 e. The van der Waals surface area contributed by atoms with Crippen LogP contribution in [0.1, 0.15) is 69.6 Å². The van der Waals surface area contributed by atoms with Crippen LogP contribution in [0.4, 0.5) is 10.0 Å². The first-order chi connectivity index (χ1) is 15.0. The van der Waals surface area contributed by atoms with E-state index < -0.39 is 29.8 Å². The average Bonchev–Trinajstić information content (AvgIpc) is 3.24. The summed E-state index contributed by atoms with van der Waals surface area (Å²) in [5, 5.41) is 6.40. The second-order valence-corrected chi connectivity index (χ2v) is 10.9. The summed E-state index contributed by atoms with van der Waals surface area (Å²) in [5.41, 5.74) is 6.89. The van der Waals surface area contributed by atoms with Crippen molar-refractivity contribution in [2.45, 2.75) is 53.4 Å². The highest BCUT2D eigenvalue weighted by molar-refractivity contribution is 7.18. The van der Waals surface area contributed by atoms with E-state index in [1.165, 1.54) is 11.3 Å². The molecule has 172 valence electrons. The Morgan fingerprint density at radius 3 is 2.44 bits per heavy atom. The quantitative estimate of drug-likeness (QED) is 0.544. The van der Waals surface area contributed by atoms with Gasteiger partial charge >= 0.3 is 5.97 Å². The van der Waals surface area contributed by atoms with E-state index in [1.807, 2.05) is 0 Å². The lowest BCUT2D eigenvalue weighted by Gasteiger charge is -2.16. The fourth-order valence-corrected chi connectivity index (χ4v) is 5.59. The zero-order valence-electron chi connectivity index (χ0n) is 18.5. The van der Waals surface area contributed by atoms with Gasteiger partial charge in [0, 0.05) is 10.3 Å². The monoisotopic (exact) mass is 477 g/mol. The van der Waals surface area contributed by atoms with Crippen molar-refractivity contribution in [2.75, 3.05) is 17.2 Å². The van der Waals surface area contributed by atoms with Crippen molar-refractivity contribution in [3.63, 3.8) is 0 Å². The van der Waals surface area contributed by atoms with E-state index in [4.69, 9.17) is 10.5 Å². The molecule has 4 N–H and O–H groups in total. The molecule has 0 saturated heterocycles. The lowest BCUT2D eigenvalue weighted by molar-refractivity contribution is -0.123. The Kier molecular flexibility index (Phi) is 7.04. The van der Waals surface area contributed by atoms with Crippen LogP contribution >= 0.6 is 22.7 Å². The van der Waals surface area contributed by atoms with Crippen LogP contribution in [-0.2, 0) is 27.2 Å². The molecule has 0 unspecified atom stereocenters. The summed E-state index contributed by atoms with van der Waals surface area (Å²) >= 11 is 2.45. The Balaban J connectivity index is 1.62. The molecule has 0 bridgehead atoms. The Bertz CT molecular complexity index is 1080. The van der Waals surface area contributed by atoms with E-state index in [1.54, 1.807) is 33.8 Å². The minimum atomic E-state index is -0.653. The first-order valence-corrected chi connectivity index (χ1v) is 11.9. The standard InChI is InChI=1S/C22H27N3O5S2/c1-11-9-15(25-21(29)22(2,3)4)32-17(11)20(28)30-10-14(26)24-19-16(18(23)27)12-7-5-6-8-13(12)31-19/h9H,5-8,10H2,1-4H3,(H2,23,27)(H,24,26)(H,25,29). The molecular formula is C22H27N3O5S2. The van der Waals surface area contributed by atoms with Gasteiger partial charge in [-0.25, -0.2) is 4.79 Å². The number of carbonyl (C=O) groups is 4. The zero-order chi connectivity index (χ0) is 23.6. The van der Waals surface area contributed by atoms with Gasteiger partial charge in [-0.15, -0.1) is 22.7 Å². The third kappa shape index (κ3) is 5.36. The fraction of sp³-hybridized carbons (Fsp3) is 0.455. The molecule has 0 aliphatic heterocycles. The molecular weight excluding hydrogens is 450 g/mol. The highest BCUT2D eigenvalue weighted by atomic mass is 32.1. The number of aryl methyl sites for hydroxylation is 2. The maximum Gasteiger partial charge on any atom is 0.349 e.